The predicted octanol–water partition coefficient (Wildman–Crippen LogP) is 2.88. The van der Waals surface area contributed by atoms with Crippen LogP contribution in [0.15, 0.2) is 35.8 Å². The molecule has 0 saturated heterocycles. The zero-order valence-corrected chi connectivity index (χ0v) is 10.6. The van der Waals surface area contributed by atoms with Gasteiger partial charge in [0, 0.05) is 11.9 Å². The third kappa shape index (κ3) is 3.09. The number of hydrogen-bond donors (Lipinski definition) is 1. The molecule has 0 spiro atoms. The van der Waals surface area contributed by atoms with Crippen LogP contribution in [-0.2, 0) is 9.53 Å². The van der Waals surface area contributed by atoms with Crippen molar-refractivity contribution >= 4 is 11.7 Å². The lowest BCUT2D eigenvalue weighted by Crippen LogP contribution is -2.17. The Kier molecular flexibility index (Phi) is 4.34. The van der Waals surface area contributed by atoms with E-state index in [1.807, 2.05) is 19.1 Å². The minimum Gasteiger partial charge on any atom is -0.463 e. The van der Waals surface area contributed by atoms with Crippen molar-refractivity contribution in [3.63, 3.8) is 0 Å². The number of carbonyl (C=O) groups excluding carboxylic acids is 1. The van der Waals surface area contributed by atoms with Gasteiger partial charge in [-0.3, -0.25) is 4.98 Å². The fourth-order valence-electron chi connectivity index (χ4n) is 2.10. The summed E-state index contributed by atoms with van der Waals surface area (Å²) in [4.78, 5) is 15.9. The summed E-state index contributed by atoms with van der Waals surface area (Å²) in [7, 11) is 0. The number of allylic oxidation sites excluding steroid dienone is 1. The summed E-state index contributed by atoms with van der Waals surface area (Å²) in [6.07, 6.45) is 7.32. The normalized spacial score (nSPS) is 15.4. The molecular formula is C14H18N2O2. The Bertz CT molecular complexity index is 440. The highest BCUT2D eigenvalue weighted by Crippen LogP contribution is 2.26. The van der Waals surface area contributed by atoms with Crippen LogP contribution in [0.25, 0.3) is 0 Å². The second-order valence-corrected chi connectivity index (χ2v) is 4.25. The monoisotopic (exact) mass is 246 g/mol. The van der Waals surface area contributed by atoms with Gasteiger partial charge in [-0.2, -0.15) is 0 Å². The van der Waals surface area contributed by atoms with Crippen LogP contribution in [0.3, 0.4) is 0 Å². The van der Waals surface area contributed by atoms with Gasteiger partial charge < -0.3 is 10.1 Å². The molecule has 18 heavy (non-hydrogen) atoms. The van der Waals surface area contributed by atoms with Crippen LogP contribution in [0.5, 0.6) is 0 Å². The van der Waals surface area contributed by atoms with Crippen molar-refractivity contribution in [2.75, 3.05) is 11.9 Å². The fourth-order valence-corrected chi connectivity index (χ4v) is 2.10. The highest BCUT2D eigenvalue weighted by molar-refractivity contribution is 5.90. The van der Waals surface area contributed by atoms with Crippen molar-refractivity contribution in [2.24, 2.45) is 0 Å². The molecule has 0 radical (unpaired) electrons. The van der Waals surface area contributed by atoms with Crippen LogP contribution in [0, 0.1) is 0 Å². The van der Waals surface area contributed by atoms with Gasteiger partial charge >= 0.3 is 5.97 Å². The van der Waals surface area contributed by atoms with E-state index < -0.39 is 0 Å². The van der Waals surface area contributed by atoms with Gasteiger partial charge in [0.05, 0.1) is 24.1 Å². The van der Waals surface area contributed by atoms with E-state index in [9.17, 15) is 4.79 Å². The molecule has 1 aromatic rings. The molecule has 1 N–H and O–H groups in total. The lowest BCUT2D eigenvalue weighted by molar-refractivity contribution is -0.138. The van der Waals surface area contributed by atoms with E-state index in [-0.39, 0.29) is 5.97 Å². The Morgan fingerprint density at radius 1 is 1.44 bits per heavy atom. The van der Waals surface area contributed by atoms with Crippen molar-refractivity contribution in [1.82, 2.24) is 4.98 Å². The highest BCUT2D eigenvalue weighted by atomic mass is 16.5. The van der Waals surface area contributed by atoms with Gasteiger partial charge in [-0.1, -0.05) is 0 Å². The predicted molar refractivity (Wildman–Crippen MR) is 70.0 cm³/mol. The molecule has 0 bridgehead atoms. The minimum absolute atomic E-state index is 0.191. The molecule has 0 amide bonds. The average Bonchev–Trinajstić information content (AvgIpc) is 2.41. The van der Waals surface area contributed by atoms with Gasteiger partial charge in [-0.05, 0) is 44.7 Å². The molecule has 1 aliphatic rings. The first-order valence-corrected chi connectivity index (χ1v) is 6.37. The first-order chi connectivity index (χ1) is 8.81. The molecule has 1 heterocycles. The molecule has 0 aromatic carbocycles. The summed E-state index contributed by atoms with van der Waals surface area (Å²) in [5.74, 6) is -0.191. The number of nitrogens with one attached hydrogen (secondary N) is 1. The van der Waals surface area contributed by atoms with Gasteiger partial charge in [-0.25, -0.2) is 4.79 Å². The standard InChI is InChI=1S/C14H18N2O2/c1-2-18-14(17)12-7-3-4-8-13(12)16-11-6-5-9-15-10-11/h5-6,9-10,16H,2-4,7-8H2,1H3. The molecule has 0 saturated carbocycles. The van der Waals surface area contributed by atoms with Crippen molar-refractivity contribution in [3.8, 4) is 0 Å². The van der Waals surface area contributed by atoms with Crippen LogP contribution < -0.4 is 5.32 Å². The number of nitrogens with zero attached hydrogens (tertiary/aromatic N) is 1. The second kappa shape index (κ2) is 6.19. The Morgan fingerprint density at radius 2 is 2.28 bits per heavy atom. The lowest BCUT2D eigenvalue weighted by atomic mass is 9.96. The molecule has 0 fully saturated rings. The van der Waals surface area contributed by atoms with E-state index in [1.165, 1.54) is 0 Å². The van der Waals surface area contributed by atoms with E-state index in [2.05, 4.69) is 10.3 Å². The first-order valence-electron chi connectivity index (χ1n) is 6.37. The van der Waals surface area contributed by atoms with Crippen LogP contribution in [0.2, 0.25) is 0 Å². The molecule has 96 valence electrons. The maximum absolute atomic E-state index is 11.9. The van der Waals surface area contributed by atoms with Crippen molar-refractivity contribution in [1.29, 1.82) is 0 Å². The van der Waals surface area contributed by atoms with Crippen LogP contribution in [0.4, 0.5) is 5.69 Å². The SMILES string of the molecule is CCOC(=O)C1=C(Nc2cccnc2)CCCC1. The third-order valence-electron chi connectivity index (χ3n) is 2.95. The highest BCUT2D eigenvalue weighted by Gasteiger charge is 2.20. The van der Waals surface area contributed by atoms with E-state index in [1.54, 1.807) is 12.4 Å². The Hall–Kier alpha value is -1.84. The number of ether oxygens (including phenoxy) is 1. The maximum Gasteiger partial charge on any atom is 0.335 e. The Labute approximate surface area is 107 Å². The van der Waals surface area contributed by atoms with E-state index >= 15 is 0 Å². The van der Waals surface area contributed by atoms with Gasteiger partial charge in [-0.15, -0.1) is 0 Å². The quantitative estimate of drug-likeness (QED) is 0.830. The number of pyridine rings is 1. The van der Waals surface area contributed by atoms with E-state index in [0.717, 1.165) is 42.6 Å². The molecule has 2 rings (SSSR count). The van der Waals surface area contributed by atoms with Crippen molar-refractivity contribution in [2.45, 2.75) is 32.6 Å². The minimum atomic E-state index is -0.191. The third-order valence-corrected chi connectivity index (χ3v) is 2.95. The van der Waals surface area contributed by atoms with Gasteiger partial charge in [0.25, 0.3) is 0 Å². The number of anilines is 1. The molecule has 0 atom stereocenters. The maximum atomic E-state index is 11.9. The summed E-state index contributed by atoms with van der Waals surface area (Å²) in [5, 5.41) is 3.29. The molecule has 1 aromatic heterocycles. The summed E-state index contributed by atoms with van der Waals surface area (Å²) in [6, 6.07) is 3.81. The Balaban J connectivity index is 2.18. The van der Waals surface area contributed by atoms with Crippen molar-refractivity contribution in [3.05, 3.63) is 35.8 Å². The van der Waals surface area contributed by atoms with Crippen molar-refractivity contribution < 1.29 is 9.53 Å². The van der Waals surface area contributed by atoms with Crippen LogP contribution in [0.1, 0.15) is 32.6 Å². The number of hydrogen-bond acceptors (Lipinski definition) is 4. The zero-order valence-electron chi connectivity index (χ0n) is 10.6. The largest absolute Gasteiger partial charge is 0.463 e. The molecule has 4 heteroatoms. The summed E-state index contributed by atoms with van der Waals surface area (Å²) >= 11 is 0. The molecule has 4 nitrogen and oxygen atoms in total. The van der Waals surface area contributed by atoms with Gasteiger partial charge in [0.1, 0.15) is 0 Å². The molecule has 1 aliphatic carbocycles. The number of aromatic nitrogens is 1. The second-order valence-electron chi connectivity index (χ2n) is 4.25. The average molecular weight is 246 g/mol. The topological polar surface area (TPSA) is 51.2 Å². The lowest BCUT2D eigenvalue weighted by Gasteiger charge is -2.20. The van der Waals surface area contributed by atoms with Gasteiger partial charge in [0.15, 0.2) is 0 Å². The zero-order chi connectivity index (χ0) is 12.8. The van der Waals surface area contributed by atoms with E-state index in [0.29, 0.717) is 6.61 Å². The van der Waals surface area contributed by atoms with Crippen LogP contribution in [-0.4, -0.2) is 17.6 Å². The summed E-state index contributed by atoms with van der Waals surface area (Å²) < 4.78 is 5.10. The number of carbonyl (C=O) groups is 1. The van der Waals surface area contributed by atoms with Gasteiger partial charge in [0.2, 0.25) is 0 Å². The van der Waals surface area contributed by atoms with Crippen LogP contribution >= 0.6 is 0 Å². The first kappa shape index (κ1) is 12.6. The number of rotatable bonds is 4. The Morgan fingerprint density at radius 3 is 3.00 bits per heavy atom. The smallest absolute Gasteiger partial charge is 0.335 e. The molecule has 0 unspecified atom stereocenters. The summed E-state index contributed by atoms with van der Waals surface area (Å²) in [5.41, 5.74) is 2.68. The fraction of sp³-hybridized carbons (Fsp3) is 0.429. The molecular weight excluding hydrogens is 228 g/mol. The molecule has 0 aliphatic heterocycles. The van der Waals surface area contributed by atoms with E-state index in [4.69, 9.17) is 4.74 Å². The number of esters is 1. The summed E-state index contributed by atoms with van der Waals surface area (Å²) in [6.45, 7) is 2.25.